The first-order chi connectivity index (χ1) is 17.0. The minimum atomic E-state index is -4.31. The van der Waals surface area contributed by atoms with Crippen LogP contribution in [0.3, 0.4) is 0 Å². The molecule has 0 aliphatic carbocycles. The number of carbonyl (C=O) groups excluding carboxylic acids is 2. The number of sulfonamides is 1. The molecule has 0 bridgehead atoms. The Kier molecular flexibility index (Phi) is 8.47. The monoisotopic (exact) mass is 511 g/mol. The number of aryl methyl sites for hydroxylation is 2. The molecule has 190 valence electrons. The second kappa shape index (κ2) is 11.3. The number of para-hydroxylation sites is 1. The number of halogens is 1. The number of rotatable bonds is 9. The summed E-state index contributed by atoms with van der Waals surface area (Å²) < 4.78 is 42.8. The van der Waals surface area contributed by atoms with E-state index in [1.807, 2.05) is 38.1 Å². The largest absolute Gasteiger partial charge is 0.357 e. The maximum absolute atomic E-state index is 14.8. The Morgan fingerprint density at radius 2 is 1.47 bits per heavy atom. The Balaban J connectivity index is 2.04. The lowest BCUT2D eigenvalue weighted by Gasteiger charge is -2.31. The van der Waals surface area contributed by atoms with Gasteiger partial charge >= 0.3 is 0 Å². The number of hydrogen-bond acceptors (Lipinski definition) is 4. The van der Waals surface area contributed by atoms with Crippen molar-refractivity contribution in [3.63, 3.8) is 0 Å². The second-order valence-corrected chi connectivity index (χ2v) is 10.4. The molecule has 3 rings (SSSR count). The van der Waals surface area contributed by atoms with E-state index in [-0.39, 0.29) is 17.1 Å². The average molecular weight is 512 g/mol. The zero-order chi connectivity index (χ0) is 26.5. The van der Waals surface area contributed by atoms with E-state index in [2.05, 4.69) is 5.32 Å². The summed E-state index contributed by atoms with van der Waals surface area (Å²) in [4.78, 5) is 27.3. The average Bonchev–Trinajstić information content (AvgIpc) is 2.86. The van der Waals surface area contributed by atoms with Crippen molar-refractivity contribution in [1.82, 2.24) is 10.2 Å². The number of nitrogens with zero attached hydrogens (tertiary/aromatic N) is 2. The minimum absolute atomic E-state index is 0.0728. The van der Waals surface area contributed by atoms with Crippen molar-refractivity contribution < 1.29 is 22.4 Å². The summed E-state index contributed by atoms with van der Waals surface area (Å²) in [5.74, 6) is -1.84. The first-order valence-corrected chi connectivity index (χ1v) is 12.9. The van der Waals surface area contributed by atoms with E-state index in [4.69, 9.17) is 0 Å². The van der Waals surface area contributed by atoms with Crippen molar-refractivity contribution in [3.05, 3.63) is 95.3 Å². The summed E-state index contributed by atoms with van der Waals surface area (Å²) in [5.41, 5.74) is 2.40. The summed E-state index contributed by atoms with van der Waals surface area (Å²) in [6.07, 6.45) is 0. The number of hydrogen-bond donors (Lipinski definition) is 1. The Morgan fingerprint density at radius 1 is 0.917 bits per heavy atom. The molecule has 0 radical (unpaired) electrons. The lowest BCUT2D eigenvalue weighted by atomic mass is 10.1. The molecule has 0 heterocycles. The highest BCUT2D eigenvalue weighted by Gasteiger charge is 2.33. The quantitative estimate of drug-likeness (QED) is 0.474. The van der Waals surface area contributed by atoms with Gasteiger partial charge in [0.2, 0.25) is 11.8 Å². The normalized spacial score (nSPS) is 12.0. The van der Waals surface area contributed by atoms with Crippen LogP contribution in [-0.4, -0.2) is 44.8 Å². The molecule has 0 saturated heterocycles. The standard InChI is InChI=1S/C27H30FN3O4S/c1-19-9-13-22(14-10-19)17-30(21(3)27(33)29-4)26(32)18-31(25-8-6-5-7-24(25)28)36(34,35)23-15-11-20(2)12-16-23/h5-16,21H,17-18H2,1-4H3,(H,29,33)/t21-/m0/s1. The van der Waals surface area contributed by atoms with Crippen LogP contribution in [0, 0.1) is 19.7 Å². The van der Waals surface area contributed by atoms with Gasteiger partial charge in [0.05, 0.1) is 10.6 Å². The van der Waals surface area contributed by atoms with Crippen LogP contribution in [-0.2, 0) is 26.2 Å². The van der Waals surface area contributed by atoms with Gasteiger partial charge in [-0.2, -0.15) is 0 Å². The predicted molar refractivity (Wildman–Crippen MR) is 137 cm³/mol. The molecule has 0 fully saturated rings. The molecule has 36 heavy (non-hydrogen) atoms. The van der Waals surface area contributed by atoms with Crippen molar-refractivity contribution in [2.75, 3.05) is 17.9 Å². The third kappa shape index (κ3) is 6.09. The lowest BCUT2D eigenvalue weighted by molar-refractivity contribution is -0.139. The molecule has 3 aromatic carbocycles. The highest BCUT2D eigenvalue weighted by molar-refractivity contribution is 7.92. The highest BCUT2D eigenvalue weighted by Crippen LogP contribution is 2.27. The van der Waals surface area contributed by atoms with Crippen LogP contribution in [0.5, 0.6) is 0 Å². The van der Waals surface area contributed by atoms with Crippen LogP contribution in [0.1, 0.15) is 23.6 Å². The number of anilines is 1. The molecular weight excluding hydrogens is 481 g/mol. The first kappa shape index (κ1) is 26.9. The zero-order valence-electron chi connectivity index (χ0n) is 20.7. The molecule has 0 aliphatic heterocycles. The van der Waals surface area contributed by atoms with Crippen LogP contribution in [0.15, 0.2) is 77.7 Å². The molecule has 1 N–H and O–H groups in total. The van der Waals surface area contributed by atoms with Crippen molar-refractivity contribution in [2.45, 2.75) is 38.3 Å². The van der Waals surface area contributed by atoms with E-state index in [0.717, 1.165) is 27.1 Å². The molecule has 0 unspecified atom stereocenters. The summed E-state index contributed by atoms with van der Waals surface area (Å²) >= 11 is 0. The van der Waals surface area contributed by atoms with Gasteiger partial charge in [-0.3, -0.25) is 13.9 Å². The summed E-state index contributed by atoms with van der Waals surface area (Å²) in [7, 11) is -2.85. The maximum Gasteiger partial charge on any atom is 0.264 e. The number of likely N-dealkylation sites (N-methyl/N-ethyl adjacent to an activating group) is 1. The fraction of sp³-hybridized carbons (Fsp3) is 0.259. The number of carbonyl (C=O) groups is 2. The van der Waals surface area contributed by atoms with E-state index in [9.17, 15) is 22.4 Å². The molecule has 0 aromatic heterocycles. The lowest BCUT2D eigenvalue weighted by Crippen LogP contribution is -2.50. The third-order valence-electron chi connectivity index (χ3n) is 5.90. The Hall–Kier alpha value is -3.72. The fourth-order valence-electron chi connectivity index (χ4n) is 3.69. The number of amides is 2. The minimum Gasteiger partial charge on any atom is -0.357 e. The topological polar surface area (TPSA) is 86.8 Å². The van der Waals surface area contributed by atoms with Crippen LogP contribution in [0.2, 0.25) is 0 Å². The number of benzene rings is 3. The molecule has 9 heteroatoms. The SMILES string of the molecule is CNC(=O)[C@H](C)N(Cc1ccc(C)cc1)C(=O)CN(c1ccccc1F)S(=O)(=O)c1ccc(C)cc1. The summed E-state index contributed by atoms with van der Waals surface area (Å²) in [6.45, 7) is 4.69. The van der Waals surface area contributed by atoms with Crippen molar-refractivity contribution in [1.29, 1.82) is 0 Å². The molecule has 1 atom stereocenters. The van der Waals surface area contributed by atoms with Gasteiger partial charge in [-0.1, -0.05) is 59.7 Å². The van der Waals surface area contributed by atoms with Crippen molar-refractivity contribution >= 4 is 27.5 Å². The molecular formula is C27H30FN3O4S. The van der Waals surface area contributed by atoms with E-state index in [1.54, 1.807) is 19.1 Å². The third-order valence-corrected chi connectivity index (χ3v) is 7.67. The molecule has 0 spiro atoms. The smallest absolute Gasteiger partial charge is 0.264 e. The van der Waals surface area contributed by atoms with Gasteiger partial charge in [0.25, 0.3) is 10.0 Å². The Labute approximate surface area is 211 Å². The van der Waals surface area contributed by atoms with E-state index < -0.39 is 40.2 Å². The summed E-state index contributed by atoms with van der Waals surface area (Å²) in [5, 5.41) is 2.53. The van der Waals surface area contributed by atoms with E-state index >= 15 is 0 Å². The second-order valence-electron chi connectivity index (χ2n) is 8.57. The summed E-state index contributed by atoms with van der Waals surface area (Å²) in [6, 6.07) is 18.0. The first-order valence-electron chi connectivity index (χ1n) is 11.4. The predicted octanol–water partition coefficient (Wildman–Crippen LogP) is 3.80. The van der Waals surface area contributed by atoms with Gasteiger partial charge in [0.1, 0.15) is 18.4 Å². The Bertz CT molecular complexity index is 1330. The van der Waals surface area contributed by atoms with Crippen LogP contribution in [0.4, 0.5) is 10.1 Å². The molecule has 3 aromatic rings. The van der Waals surface area contributed by atoms with E-state index in [1.165, 1.54) is 42.3 Å². The van der Waals surface area contributed by atoms with Gasteiger partial charge in [-0.15, -0.1) is 0 Å². The van der Waals surface area contributed by atoms with Crippen molar-refractivity contribution in [2.24, 2.45) is 0 Å². The molecule has 2 amide bonds. The Morgan fingerprint density at radius 3 is 2.03 bits per heavy atom. The van der Waals surface area contributed by atoms with Crippen LogP contribution < -0.4 is 9.62 Å². The van der Waals surface area contributed by atoms with Gasteiger partial charge in [-0.05, 0) is 50.6 Å². The molecule has 0 saturated carbocycles. The zero-order valence-corrected chi connectivity index (χ0v) is 21.5. The van der Waals surface area contributed by atoms with Crippen molar-refractivity contribution in [3.8, 4) is 0 Å². The highest BCUT2D eigenvalue weighted by atomic mass is 32.2. The van der Waals surface area contributed by atoms with Gasteiger partial charge in [0, 0.05) is 13.6 Å². The number of nitrogens with one attached hydrogen (secondary N) is 1. The van der Waals surface area contributed by atoms with Crippen LogP contribution >= 0.6 is 0 Å². The molecule has 7 nitrogen and oxygen atoms in total. The maximum atomic E-state index is 14.8. The fourth-order valence-corrected chi connectivity index (χ4v) is 5.11. The van der Waals surface area contributed by atoms with Gasteiger partial charge < -0.3 is 10.2 Å². The van der Waals surface area contributed by atoms with Crippen LogP contribution in [0.25, 0.3) is 0 Å². The molecule has 0 aliphatic rings. The van der Waals surface area contributed by atoms with Gasteiger partial charge in [0.15, 0.2) is 0 Å². The van der Waals surface area contributed by atoms with E-state index in [0.29, 0.717) is 0 Å². The van der Waals surface area contributed by atoms with Gasteiger partial charge in [-0.25, -0.2) is 12.8 Å².